The normalized spacial score (nSPS) is 10.4. The van der Waals surface area contributed by atoms with Crippen LogP contribution in [0.3, 0.4) is 0 Å². The van der Waals surface area contributed by atoms with Crippen molar-refractivity contribution in [2.24, 2.45) is 0 Å². The minimum atomic E-state index is 0.0706. The molecule has 0 amide bonds. The van der Waals surface area contributed by atoms with E-state index in [4.69, 9.17) is 34.8 Å². The molecule has 2 rings (SSSR count). The highest BCUT2D eigenvalue weighted by atomic mass is 35.5. The first-order valence-electron chi connectivity index (χ1n) is 5.23. The Labute approximate surface area is 120 Å². The lowest BCUT2D eigenvalue weighted by Gasteiger charge is -2.09. The van der Waals surface area contributed by atoms with Crippen LogP contribution >= 0.6 is 34.8 Å². The van der Waals surface area contributed by atoms with Gasteiger partial charge in [0.2, 0.25) is 0 Å². The molecule has 0 aliphatic carbocycles. The second-order valence-electron chi connectivity index (χ2n) is 3.74. The SMILES string of the molecule is Oc1ccc(CNc2cccc(Cl)c2Cl)cc1Cl. The van der Waals surface area contributed by atoms with Crippen molar-refractivity contribution in [1.82, 2.24) is 0 Å². The molecule has 0 radical (unpaired) electrons. The van der Waals surface area contributed by atoms with Gasteiger partial charge in [0, 0.05) is 6.54 Å². The molecule has 2 aromatic carbocycles. The molecule has 18 heavy (non-hydrogen) atoms. The van der Waals surface area contributed by atoms with Gasteiger partial charge in [-0.15, -0.1) is 0 Å². The first-order chi connectivity index (χ1) is 8.58. The number of aromatic hydroxyl groups is 1. The Hall–Kier alpha value is -1.09. The fraction of sp³-hybridized carbons (Fsp3) is 0.0769. The summed E-state index contributed by atoms with van der Waals surface area (Å²) in [6.45, 7) is 0.542. The van der Waals surface area contributed by atoms with Crippen LogP contribution in [0, 0.1) is 0 Å². The molecule has 0 unspecified atom stereocenters. The zero-order chi connectivity index (χ0) is 13.1. The lowest BCUT2D eigenvalue weighted by molar-refractivity contribution is 0.475. The summed E-state index contributed by atoms with van der Waals surface area (Å²) in [5.41, 5.74) is 1.70. The topological polar surface area (TPSA) is 32.3 Å². The third kappa shape index (κ3) is 3.02. The van der Waals surface area contributed by atoms with Gasteiger partial charge in [0.1, 0.15) is 5.75 Å². The molecule has 0 saturated heterocycles. The lowest BCUT2D eigenvalue weighted by Crippen LogP contribution is -1.99. The summed E-state index contributed by atoms with van der Waals surface area (Å²) in [7, 11) is 0. The Morgan fingerprint density at radius 1 is 1.00 bits per heavy atom. The van der Waals surface area contributed by atoms with Crippen molar-refractivity contribution in [3.05, 3.63) is 57.0 Å². The molecule has 0 spiro atoms. The molecule has 2 aromatic rings. The molecule has 0 aromatic heterocycles. The highest BCUT2D eigenvalue weighted by Gasteiger charge is 2.04. The molecule has 0 bridgehead atoms. The van der Waals surface area contributed by atoms with Gasteiger partial charge < -0.3 is 10.4 Å². The third-order valence-corrected chi connectivity index (χ3v) is 3.57. The van der Waals surface area contributed by atoms with E-state index in [1.165, 1.54) is 0 Å². The van der Waals surface area contributed by atoms with Gasteiger partial charge in [0.25, 0.3) is 0 Å². The van der Waals surface area contributed by atoms with Gasteiger partial charge in [-0.05, 0) is 29.8 Å². The predicted octanol–water partition coefficient (Wildman–Crippen LogP) is 4.96. The highest BCUT2D eigenvalue weighted by Crippen LogP contribution is 2.30. The van der Waals surface area contributed by atoms with Crippen LogP contribution in [0.1, 0.15) is 5.56 Å². The summed E-state index contributed by atoms with van der Waals surface area (Å²) in [6, 6.07) is 10.4. The molecule has 0 aliphatic heterocycles. The molecule has 0 fully saturated rings. The van der Waals surface area contributed by atoms with Gasteiger partial charge in [0.15, 0.2) is 0 Å². The van der Waals surface area contributed by atoms with Crippen molar-refractivity contribution in [2.45, 2.75) is 6.54 Å². The van der Waals surface area contributed by atoms with Crippen molar-refractivity contribution in [2.75, 3.05) is 5.32 Å². The molecule has 0 heterocycles. The number of hydrogen-bond donors (Lipinski definition) is 2. The summed E-state index contributed by atoms with van der Waals surface area (Å²) >= 11 is 17.8. The molecule has 0 saturated carbocycles. The maximum absolute atomic E-state index is 9.32. The summed E-state index contributed by atoms with van der Waals surface area (Å²) < 4.78 is 0. The Balaban J connectivity index is 2.11. The monoisotopic (exact) mass is 301 g/mol. The largest absolute Gasteiger partial charge is 0.506 e. The second-order valence-corrected chi connectivity index (χ2v) is 4.93. The number of benzene rings is 2. The van der Waals surface area contributed by atoms with Crippen molar-refractivity contribution in [3.63, 3.8) is 0 Å². The smallest absolute Gasteiger partial charge is 0.134 e. The molecular weight excluding hydrogens is 293 g/mol. The van der Waals surface area contributed by atoms with Gasteiger partial charge in [-0.1, -0.05) is 46.9 Å². The van der Waals surface area contributed by atoms with E-state index in [0.717, 1.165) is 11.3 Å². The molecule has 2 N–H and O–H groups in total. The Bertz CT molecular complexity index is 572. The number of nitrogens with one attached hydrogen (secondary N) is 1. The van der Waals surface area contributed by atoms with Gasteiger partial charge in [-0.3, -0.25) is 0 Å². The van der Waals surface area contributed by atoms with Gasteiger partial charge in [-0.2, -0.15) is 0 Å². The molecule has 5 heteroatoms. The number of phenols is 1. The zero-order valence-electron chi connectivity index (χ0n) is 9.25. The molecule has 2 nitrogen and oxygen atoms in total. The fourth-order valence-electron chi connectivity index (χ4n) is 1.50. The van der Waals surface area contributed by atoms with Crippen molar-refractivity contribution in [1.29, 1.82) is 0 Å². The van der Waals surface area contributed by atoms with E-state index in [9.17, 15) is 5.11 Å². The molecule has 0 aliphatic rings. The quantitative estimate of drug-likeness (QED) is 0.839. The zero-order valence-corrected chi connectivity index (χ0v) is 11.5. The maximum atomic E-state index is 9.32. The molecular formula is C13H10Cl3NO. The minimum Gasteiger partial charge on any atom is -0.506 e. The van der Waals surface area contributed by atoms with Crippen LogP contribution in [0.25, 0.3) is 0 Å². The van der Waals surface area contributed by atoms with Gasteiger partial charge in [0.05, 0.1) is 20.8 Å². The standard InChI is InChI=1S/C13H10Cl3NO/c14-9-2-1-3-11(13(9)16)17-7-8-4-5-12(18)10(15)6-8/h1-6,17-18H,7H2. The summed E-state index contributed by atoms with van der Waals surface area (Å²) in [5.74, 6) is 0.0706. The van der Waals surface area contributed by atoms with Crippen molar-refractivity contribution in [3.8, 4) is 5.75 Å². The van der Waals surface area contributed by atoms with Crippen LogP contribution in [0.15, 0.2) is 36.4 Å². The fourth-order valence-corrected chi connectivity index (χ4v) is 2.07. The number of anilines is 1. The van der Waals surface area contributed by atoms with E-state index in [1.807, 2.05) is 12.1 Å². The Morgan fingerprint density at radius 3 is 2.50 bits per heavy atom. The molecule has 94 valence electrons. The average Bonchev–Trinajstić information content (AvgIpc) is 2.35. The maximum Gasteiger partial charge on any atom is 0.134 e. The van der Waals surface area contributed by atoms with Crippen molar-refractivity contribution >= 4 is 40.5 Å². The summed E-state index contributed by atoms with van der Waals surface area (Å²) in [4.78, 5) is 0. The summed E-state index contributed by atoms with van der Waals surface area (Å²) in [6.07, 6.45) is 0. The molecule has 0 atom stereocenters. The Kier molecular flexibility index (Phi) is 4.23. The number of phenolic OH excluding ortho intramolecular Hbond substituents is 1. The third-order valence-electron chi connectivity index (χ3n) is 2.45. The van der Waals surface area contributed by atoms with E-state index in [0.29, 0.717) is 21.6 Å². The predicted molar refractivity (Wildman–Crippen MR) is 76.9 cm³/mol. The van der Waals surface area contributed by atoms with E-state index in [1.54, 1.807) is 24.3 Å². The van der Waals surface area contributed by atoms with Crippen molar-refractivity contribution < 1.29 is 5.11 Å². The van der Waals surface area contributed by atoms with Crippen LogP contribution < -0.4 is 5.32 Å². The first kappa shape index (κ1) is 13.3. The number of hydrogen-bond acceptors (Lipinski definition) is 2. The van der Waals surface area contributed by atoms with Gasteiger partial charge in [-0.25, -0.2) is 0 Å². The van der Waals surface area contributed by atoms with E-state index in [-0.39, 0.29) is 5.75 Å². The van der Waals surface area contributed by atoms with Crippen LogP contribution in [0.5, 0.6) is 5.75 Å². The van der Waals surface area contributed by atoms with E-state index >= 15 is 0 Å². The average molecular weight is 303 g/mol. The summed E-state index contributed by atoms with van der Waals surface area (Å²) in [5, 5.41) is 13.8. The highest BCUT2D eigenvalue weighted by molar-refractivity contribution is 6.43. The van der Waals surface area contributed by atoms with Crippen LogP contribution in [-0.2, 0) is 6.54 Å². The number of rotatable bonds is 3. The van der Waals surface area contributed by atoms with Crippen LogP contribution in [0.2, 0.25) is 15.1 Å². The number of halogens is 3. The van der Waals surface area contributed by atoms with Gasteiger partial charge >= 0.3 is 0 Å². The van der Waals surface area contributed by atoms with E-state index < -0.39 is 0 Å². The first-order valence-corrected chi connectivity index (χ1v) is 6.36. The lowest BCUT2D eigenvalue weighted by atomic mass is 10.2. The minimum absolute atomic E-state index is 0.0706. The second kappa shape index (κ2) is 5.70. The van der Waals surface area contributed by atoms with E-state index in [2.05, 4.69) is 5.32 Å². The van der Waals surface area contributed by atoms with Crippen LogP contribution in [0.4, 0.5) is 5.69 Å². The van der Waals surface area contributed by atoms with Crippen LogP contribution in [-0.4, -0.2) is 5.11 Å². The Morgan fingerprint density at radius 2 is 1.78 bits per heavy atom.